The molecule has 0 aliphatic rings. The van der Waals surface area contributed by atoms with Gasteiger partial charge in [0.05, 0.1) is 0 Å². The lowest BCUT2D eigenvalue weighted by Gasteiger charge is -2.19. The lowest BCUT2D eigenvalue weighted by molar-refractivity contribution is 0.500. The van der Waals surface area contributed by atoms with E-state index in [-0.39, 0.29) is 0 Å². The van der Waals surface area contributed by atoms with E-state index in [9.17, 15) is 0 Å². The highest BCUT2D eigenvalue weighted by atomic mass is 79.9. The van der Waals surface area contributed by atoms with Crippen molar-refractivity contribution < 1.29 is 0 Å². The largest absolute Gasteiger partial charge is 0.303 e. The van der Waals surface area contributed by atoms with E-state index < -0.39 is 0 Å². The molecule has 0 bridgehead atoms. The van der Waals surface area contributed by atoms with Gasteiger partial charge < -0.3 is 5.32 Å². The summed E-state index contributed by atoms with van der Waals surface area (Å²) in [4.78, 5) is 1.38. The Morgan fingerprint density at radius 3 is 2.35 bits per heavy atom. The number of halogens is 1. The van der Waals surface area contributed by atoms with E-state index in [1.165, 1.54) is 10.4 Å². The van der Waals surface area contributed by atoms with Crippen LogP contribution in [0.5, 0.6) is 0 Å². The van der Waals surface area contributed by atoms with Gasteiger partial charge in [-0.25, -0.2) is 0 Å². The third-order valence-corrected chi connectivity index (χ3v) is 4.42. The van der Waals surface area contributed by atoms with Gasteiger partial charge in [-0.2, -0.15) is 0 Å². The van der Waals surface area contributed by atoms with Crippen molar-refractivity contribution in [2.75, 3.05) is 0 Å². The van der Waals surface area contributed by atoms with E-state index in [2.05, 4.69) is 76.9 Å². The summed E-state index contributed by atoms with van der Waals surface area (Å²) in [6, 6.07) is 13.5. The summed E-state index contributed by atoms with van der Waals surface area (Å²) in [5.41, 5.74) is 1.32. The van der Waals surface area contributed by atoms with Gasteiger partial charge in [0.1, 0.15) is 0 Å². The van der Waals surface area contributed by atoms with E-state index in [0.29, 0.717) is 12.1 Å². The molecule has 2 rings (SSSR count). The molecule has 3 heteroatoms. The zero-order chi connectivity index (χ0) is 12.3. The third kappa shape index (κ3) is 3.41. The molecular formula is C14H16BrNS. The van der Waals surface area contributed by atoms with Crippen molar-refractivity contribution in [1.29, 1.82) is 0 Å². The molecule has 2 aromatic rings. The van der Waals surface area contributed by atoms with Crippen LogP contribution in [0.1, 0.15) is 36.4 Å². The molecule has 1 heterocycles. The Morgan fingerprint density at radius 2 is 1.76 bits per heavy atom. The maximum atomic E-state index is 3.61. The van der Waals surface area contributed by atoms with Crippen LogP contribution in [0.4, 0.5) is 0 Å². The first-order valence-corrected chi connectivity index (χ1v) is 7.39. The summed E-state index contributed by atoms with van der Waals surface area (Å²) in [5, 5.41) is 5.74. The second-order valence-corrected chi connectivity index (χ2v) is 6.07. The van der Waals surface area contributed by atoms with Crippen LogP contribution < -0.4 is 5.32 Å². The Hall–Kier alpha value is -0.640. The van der Waals surface area contributed by atoms with Crippen molar-refractivity contribution in [3.8, 4) is 0 Å². The molecule has 0 aliphatic carbocycles. The van der Waals surface area contributed by atoms with Crippen molar-refractivity contribution in [1.82, 2.24) is 5.32 Å². The van der Waals surface area contributed by atoms with E-state index in [0.717, 1.165) is 4.47 Å². The highest BCUT2D eigenvalue weighted by molar-refractivity contribution is 9.10. The Kier molecular flexibility index (Phi) is 4.37. The zero-order valence-electron chi connectivity index (χ0n) is 9.98. The molecule has 1 N–H and O–H groups in total. The van der Waals surface area contributed by atoms with E-state index >= 15 is 0 Å². The Morgan fingerprint density at radius 1 is 1.06 bits per heavy atom. The molecule has 0 saturated heterocycles. The Labute approximate surface area is 115 Å². The monoisotopic (exact) mass is 309 g/mol. The molecule has 0 fully saturated rings. The van der Waals surface area contributed by atoms with Crippen LogP contribution in [0.2, 0.25) is 0 Å². The molecule has 0 aliphatic heterocycles. The van der Waals surface area contributed by atoms with Crippen molar-refractivity contribution >= 4 is 27.3 Å². The van der Waals surface area contributed by atoms with Gasteiger partial charge in [-0.15, -0.1) is 11.3 Å². The SMILES string of the molecule is CC(N[C@@H](C)c1cccs1)c1ccc(Br)cc1. The first-order valence-electron chi connectivity index (χ1n) is 5.71. The van der Waals surface area contributed by atoms with Crippen LogP contribution in [0.3, 0.4) is 0 Å². The van der Waals surface area contributed by atoms with Crippen molar-refractivity contribution in [3.63, 3.8) is 0 Å². The number of benzene rings is 1. The highest BCUT2D eigenvalue weighted by Crippen LogP contribution is 2.23. The molecule has 2 atom stereocenters. The molecule has 17 heavy (non-hydrogen) atoms. The van der Waals surface area contributed by atoms with Gasteiger partial charge in [0.15, 0.2) is 0 Å². The number of nitrogens with one attached hydrogen (secondary N) is 1. The van der Waals surface area contributed by atoms with E-state index in [1.807, 2.05) is 0 Å². The normalized spacial score (nSPS) is 14.5. The average molecular weight is 310 g/mol. The minimum Gasteiger partial charge on any atom is -0.303 e. The first-order chi connectivity index (χ1) is 8.16. The molecule has 1 nitrogen and oxygen atoms in total. The second-order valence-electron chi connectivity index (χ2n) is 4.18. The molecule has 0 amide bonds. The fraction of sp³-hybridized carbons (Fsp3) is 0.286. The zero-order valence-corrected chi connectivity index (χ0v) is 12.4. The number of thiophene rings is 1. The number of hydrogen-bond donors (Lipinski definition) is 1. The summed E-state index contributed by atoms with van der Waals surface area (Å²) < 4.78 is 1.12. The standard InChI is InChI=1S/C14H16BrNS/c1-10(12-5-7-13(15)8-6-12)16-11(2)14-4-3-9-17-14/h3-11,16H,1-2H3/t10?,11-/m0/s1. The maximum Gasteiger partial charge on any atom is 0.0391 e. The van der Waals surface area contributed by atoms with Crippen LogP contribution in [-0.4, -0.2) is 0 Å². The number of hydrogen-bond acceptors (Lipinski definition) is 2. The molecule has 1 unspecified atom stereocenters. The van der Waals surface area contributed by atoms with Crippen LogP contribution in [0.25, 0.3) is 0 Å². The minimum absolute atomic E-state index is 0.361. The van der Waals surface area contributed by atoms with E-state index in [4.69, 9.17) is 0 Å². The van der Waals surface area contributed by atoms with Gasteiger partial charge in [-0.3, -0.25) is 0 Å². The van der Waals surface area contributed by atoms with Crippen LogP contribution in [0.15, 0.2) is 46.3 Å². The summed E-state index contributed by atoms with van der Waals surface area (Å²) in [5.74, 6) is 0. The van der Waals surface area contributed by atoms with Crippen molar-refractivity contribution in [2.45, 2.75) is 25.9 Å². The Balaban J connectivity index is 2.01. The fourth-order valence-electron chi connectivity index (χ4n) is 1.84. The van der Waals surface area contributed by atoms with Gasteiger partial charge >= 0.3 is 0 Å². The second kappa shape index (κ2) is 5.80. The minimum atomic E-state index is 0.361. The molecule has 1 aromatic carbocycles. The molecule has 0 spiro atoms. The molecule has 1 aromatic heterocycles. The predicted octanol–water partition coefficient (Wildman–Crippen LogP) is 4.92. The topological polar surface area (TPSA) is 12.0 Å². The van der Waals surface area contributed by atoms with Gasteiger partial charge in [0.25, 0.3) is 0 Å². The smallest absolute Gasteiger partial charge is 0.0391 e. The summed E-state index contributed by atoms with van der Waals surface area (Å²) in [6.07, 6.45) is 0. The van der Waals surface area contributed by atoms with Crippen molar-refractivity contribution in [3.05, 3.63) is 56.7 Å². The summed E-state index contributed by atoms with van der Waals surface area (Å²) in [7, 11) is 0. The fourth-order valence-corrected chi connectivity index (χ4v) is 2.85. The lowest BCUT2D eigenvalue weighted by Crippen LogP contribution is -2.21. The first kappa shape index (κ1) is 12.8. The van der Waals surface area contributed by atoms with Crippen LogP contribution in [-0.2, 0) is 0 Å². The molecular weight excluding hydrogens is 294 g/mol. The van der Waals surface area contributed by atoms with Crippen LogP contribution in [0, 0.1) is 0 Å². The van der Waals surface area contributed by atoms with Gasteiger partial charge in [-0.05, 0) is 43.0 Å². The Bertz CT molecular complexity index is 450. The highest BCUT2D eigenvalue weighted by Gasteiger charge is 2.11. The molecule has 0 radical (unpaired) electrons. The summed E-state index contributed by atoms with van der Waals surface area (Å²) in [6.45, 7) is 4.41. The quantitative estimate of drug-likeness (QED) is 0.845. The lowest BCUT2D eigenvalue weighted by atomic mass is 10.1. The number of rotatable bonds is 4. The predicted molar refractivity (Wildman–Crippen MR) is 78.4 cm³/mol. The van der Waals surface area contributed by atoms with Gasteiger partial charge in [0, 0.05) is 21.4 Å². The average Bonchev–Trinajstić information content (AvgIpc) is 2.83. The maximum absolute atomic E-state index is 3.61. The third-order valence-electron chi connectivity index (χ3n) is 2.84. The summed E-state index contributed by atoms with van der Waals surface area (Å²) >= 11 is 5.26. The molecule has 90 valence electrons. The van der Waals surface area contributed by atoms with E-state index in [1.54, 1.807) is 11.3 Å². The van der Waals surface area contributed by atoms with Gasteiger partial charge in [0.2, 0.25) is 0 Å². The van der Waals surface area contributed by atoms with Crippen LogP contribution >= 0.6 is 27.3 Å². The van der Waals surface area contributed by atoms with Gasteiger partial charge in [-0.1, -0.05) is 34.1 Å². The molecule has 0 saturated carbocycles. The van der Waals surface area contributed by atoms with Crippen molar-refractivity contribution in [2.24, 2.45) is 0 Å².